The van der Waals surface area contributed by atoms with Crippen molar-refractivity contribution >= 4 is 21.9 Å². The Kier molecular flexibility index (Phi) is 4.01. The highest BCUT2D eigenvalue weighted by Crippen LogP contribution is 2.32. The molecule has 120 valence electrons. The normalized spacial score (nSPS) is 11.5. The molecule has 0 aliphatic carbocycles. The summed E-state index contributed by atoms with van der Waals surface area (Å²) in [6.45, 7) is 10.5. The first-order chi connectivity index (χ1) is 11.0. The van der Waals surface area contributed by atoms with Gasteiger partial charge in [-0.1, -0.05) is 32.4 Å². The van der Waals surface area contributed by atoms with Crippen LogP contribution in [-0.2, 0) is 12.8 Å². The first kappa shape index (κ1) is 15.8. The van der Waals surface area contributed by atoms with Gasteiger partial charge in [0.1, 0.15) is 11.2 Å². The van der Waals surface area contributed by atoms with Crippen molar-refractivity contribution < 1.29 is 4.42 Å². The van der Waals surface area contributed by atoms with Crippen molar-refractivity contribution in [3.63, 3.8) is 0 Å². The van der Waals surface area contributed by atoms with Crippen LogP contribution in [-0.4, -0.2) is 0 Å². The fourth-order valence-corrected chi connectivity index (χ4v) is 3.75. The van der Waals surface area contributed by atoms with Gasteiger partial charge in [-0.2, -0.15) is 0 Å². The van der Waals surface area contributed by atoms with Crippen LogP contribution in [0, 0.1) is 20.8 Å². The quantitative estimate of drug-likeness (QED) is 0.607. The zero-order valence-corrected chi connectivity index (χ0v) is 14.7. The predicted octanol–water partition coefficient (Wildman–Crippen LogP) is 5.39. The van der Waals surface area contributed by atoms with E-state index in [4.69, 9.17) is 4.42 Å². The van der Waals surface area contributed by atoms with E-state index in [9.17, 15) is 4.79 Å². The van der Waals surface area contributed by atoms with Crippen molar-refractivity contribution in [3.05, 3.63) is 56.2 Å². The van der Waals surface area contributed by atoms with Crippen molar-refractivity contribution in [3.8, 4) is 0 Å². The molecule has 3 rings (SSSR count). The molecule has 0 saturated heterocycles. The van der Waals surface area contributed by atoms with Gasteiger partial charge < -0.3 is 4.42 Å². The lowest BCUT2D eigenvalue weighted by Crippen LogP contribution is -2.10. The summed E-state index contributed by atoms with van der Waals surface area (Å²) in [7, 11) is 0. The lowest BCUT2D eigenvalue weighted by atomic mass is 9.89. The largest absolute Gasteiger partial charge is 0.455 e. The summed E-state index contributed by atoms with van der Waals surface area (Å²) in [5.41, 5.74) is 7.50. The van der Waals surface area contributed by atoms with Gasteiger partial charge in [-0.05, 0) is 67.5 Å². The lowest BCUT2D eigenvalue weighted by Gasteiger charge is -2.17. The second-order valence-electron chi connectivity index (χ2n) is 6.40. The summed E-state index contributed by atoms with van der Waals surface area (Å²) in [6.07, 6.45) is 2.96. The second-order valence-corrected chi connectivity index (χ2v) is 6.40. The molecule has 0 amide bonds. The number of benzene rings is 2. The minimum atomic E-state index is 0.106. The summed E-state index contributed by atoms with van der Waals surface area (Å²) < 4.78 is 6.27. The third kappa shape index (κ3) is 2.28. The number of hydrogen-bond acceptors (Lipinski definition) is 2. The van der Waals surface area contributed by atoms with Crippen LogP contribution in [0.1, 0.15) is 48.1 Å². The van der Waals surface area contributed by atoms with E-state index < -0.39 is 0 Å². The Balaban J connectivity index is 2.61. The molecule has 2 aromatic carbocycles. The van der Waals surface area contributed by atoms with Gasteiger partial charge in [0, 0.05) is 0 Å². The first-order valence-corrected chi connectivity index (χ1v) is 8.48. The SMILES string of the molecule is CCCc1c(C)c(CC)c2oc3c(C)cccc3c(=O)c2c1C. The topological polar surface area (TPSA) is 30.2 Å². The summed E-state index contributed by atoms with van der Waals surface area (Å²) in [4.78, 5) is 13.1. The molecule has 3 aromatic rings. The van der Waals surface area contributed by atoms with Crippen LogP contribution in [0.25, 0.3) is 21.9 Å². The number of aryl methyl sites for hydroxylation is 3. The van der Waals surface area contributed by atoms with Crippen LogP contribution < -0.4 is 5.43 Å². The molecule has 0 aliphatic heterocycles. The fourth-order valence-electron chi connectivity index (χ4n) is 3.75. The Bertz CT molecular complexity index is 961. The molecule has 0 bridgehead atoms. The van der Waals surface area contributed by atoms with Crippen LogP contribution in [0.15, 0.2) is 27.4 Å². The fraction of sp³-hybridized carbons (Fsp3) is 0.381. The van der Waals surface area contributed by atoms with Crippen molar-refractivity contribution in [2.45, 2.75) is 53.9 Å². The molecule has 0 saturated carbocycles. The Hall–Kier alpha value is -2.09. The Labute approximate surface area is 137 Å². The molecule has 2 heteroatoms. The van der Waals surface area contributed by atoms with Gasteiger partial charge in [0.05, 0.1) is 10.8 Å². The smallest absolute Gasteiger partial charge is 0.200 e. The monoisotopic (exact) mass is 308 g/mol. The summed E-state index contributed by atoms with van der Waals surface area (Å²) >= 11 is 0. The van der Waals surface area contributed by atoms with Crippen LogP contribution >= 0.6 is 0 Å². The summed E-state index contributed by atoms with van der Waals surface area (Å²) in [5.74, 6) is 0. The number of hydrogen-bond donors (Lipinski definition) is 0. The van der Waals surface area contributed by atoms with Gasteiger partial charge in [0.2, 0.25) is 5.43 Å². The van der Waals surface area contributed by atoms with E-state index in [1.165, 1.54) is 16.7 Å². The Morgan fingerprint density at radius 1 is 0.957 bits per heavy atom. The van der Waals surface area contributed by atoms with E-state index in [1.807, 2.05) is 25.1 Å². The zero-order chi connectivity index (χ0) is 16.7. The highest BCUT2D eigenvalue weighted by molar-refractivity contribution is 5.95. The molecule has 1 heterocycles. The van der Waals surface area contributed by atoms with Gasteiger partial charge in [0.15, 0.2) is 0 Å². The van der Waals surface area contributed by atoms with Crippen LogP contribution in [0.4, 0.5) is 0 Å². The number of fused-ring (bicyclic) bond motifs is 2. The summed E-state index contributed by atoms with van der Waals surface area (Å²) in [6, 6.07) is 5.80. The highest BCUT2D eigenvalue weighted by Gasteiger charge is 2.19. The molecule has 0 radical (unpaired) electrons. The van der Waals surface area contributed by atoms with Crippen molar-refractivity contribution in [1.82, 2.24) is 0 Å². The van der Waals surface area contributed by atoms with Crippen LogP contribution in [0.3, 0.4) is 0 Å². The van der Waals surface area contributed by atoms with Gasteiger partial charge >= 0.3 is 0 Å². The van der Waals surface area contributed by atoms with Crippen LogP contribution in [0.2, 0.25) is 0 Å². The maximum absolute atomic E-state index is 13.1. The minimum Gasteiger partial charge on any atom is -0.455 e. The van der Waals surface area contributed by atoms with E-state index in [1.54, 1.807) is 0 Å². The van der Waals surface area contributed by atoms with Crippen molar-refractivity contribution in [1.29, 1.82) is 0 Å². The van der Waals surface area contributed by atoms with E-state index in [0.717, 1.165) is 46.9 Å². The number of rotatable bonds is 3. The van der Waals surface area contributed by atoms with E-state index in [-0.39, 0.29) is 5.43 Å². The van der Waals surface area contributed by atoms with Gasteiger partial charge in [-0.25, -0.2) is 0 Å². The molecule has 0 atom stereocenters. The van der Waals surface area contributed by atoms with Crippen molar-refractivity contribution in [2.24, 2.45) is 0 Å². The highest BCUT2D eigenvalue weighted by atomic mass is 16.3. The molecule has 0 unspecified atom stereocenters. The van der Waals surface area contributed by atoms with Crippen LogP contribution in [0.5, 0.6) is 0 Å². The molecule has 0 N–H and O–H groups in total. The maximum Gasteiger partial charge on any atom is 0.200 e. The third-order valence-electron chi connectivity index (χ3n) is 4.98. The van der Waals surface area contributed by atoms with Gasteiger partial charge in [-0.3, -0.25) is 4.79 Å². The molecule has 0 fully saturated rings. The van der Waals surface area contributed by atoms with Gasteiger partial charge in [0.25, 0.3) is 0 Å². The average molecular weight is 308 g/mol. The molecule has 1 aromatic heterocycles. The molecular weight excluding hydrogens is 284 g/mol. The Morgan fingerprint density at radius 3 is 2.35 bits per heavy atom. The second kappa shape index (κ2) is 5.84. The summed E-state index contributed by atoms with van der Waals surface area (Å²) in [5, 5.41) is 1.46. The minimum absolute atomic E-state index is 0.106. The molecule has 0 aliphatic rings. The Morgan fingerprint density at radius 2 is 1.70 bits per heavy atom. The van der Waals surface area contributed by atoms with E-state index in [0.29, 0.717) is 5.39 Å². The van der Waals surface area contributed by atoms with Gasteiger partial charge in [-0.15, -0.1) is 0 Å². The molecule has 23 heavy (non-hydrogen) atoms. The average Bonchev–Trinajstić information content (AvgIpc) is 2.53. The molecular formula is C21H24O2. The zero-order valence-electron chi connectivity index (χ0n) is 14.7. The predicted molar refractivity (Wildman–Crippen MR) is 97.6 cm³/mol. The lowest BCUT2D eigenvalue weighted by molar-refractivity contribution is 0.649. The molecule has 2 nitrogen and oxygen atoms in total. The standard InChI is InChI=1S/C21H24O2/c1-6-9-16-13(4)15(7-2)21-18(14(16)5)19(22)17-11-8-10-12(3)20(17)23-21/h8,10-11H,6-7,9H2,1-5H3. The maximum atomic E-state index is 13.1. The van der Waals surface area contributed by atoms with E-state index >= 15 is 0 Å². The third-order valence-corrected chi connectivity index (χ3v) is 4.98. The molecule has 0 spiro atoms. The van der Waals surface area contributed by atoms with Crippen molar-refractivity contribution in [2.75, 3.05) is 0 Å². The first-order valence-electron chi connectivity index (χ1n) is 8.48. The number of para-hydroxylation sites is 1. The van der Waals surface area contributed by atoms with E-state index in [2.05, 4.69) is 27.7 Å².